The second-order valence-electron chi connectivity index (χ2n) is 8.36. The lowest BCUT2D eigenvalue weighted by Gasteiger charge is -2.32. The van der Waals surface area contributed by atoms with Gasteiger partial charge in [-0.05, 0) is 67.9 Å². The molecule has 1 saturated heterocycles. The van der Waals surface area contributed by atoms with Crippen LogP contribution in [0.15, 0.2) is 72.9 Å². The van der Waals surface area contributed by atoms with Crippen LogP contribution in [-0.2, 0) is 4.79 Å². The van der Waals surface area contributed by atoms with Crippen LogP contribution in [0.5, 0.6) is 11.5 Å². The first-order valence-corrected chi connectivity index (χ1v) is 12.0. The van der Waals surface area contributed by atoms with Crippen molar-refractivity contribution in [1.82, 2.24) is 15.2 Å². The molecular weight excluding hydrogens is 450 g/mol. The smallest absolute Gasteiger partial charge is 0.224 e. The number of halogens is 1. The fourth-order valence-electron chi connectivity index (χ4n) is 4.23. The molecule has 178 valence electrons. The zero-order valence-electron chi connectivity index (χ0n) is 19.3. The van der Waals surface area contributed by atoms with Crippen molar-refractivity contribution in [2.75, 3.05) is 33.4 Å². The number of piperidine rings is 1. The molecule has 2 heterocycles. The highest BCUT2D eigenvalue weighted by atomic mass is 35.5. The normalized spacial score (nSPS) is 15.5. The van der Waals surface area contributed by atoms with Crippen molar-refractivity contribution in [3.05, 3.63) is 89.2 Å². The minimum Gasteiger partial charge on any atom is -0.493 e. The number of carbonyl (C=O) groups excluding carboxylic acids is 1. The van der Waals surface area contributed by atoms with E-state index in [1.54, 1.807) is 13.3 Å². The van der Waals surface area contributed by atoms with Crippen molar-refractivity contribution in [2.45, 2.75) is 18.9 Å². The maximum atomic E-state index is 13.2. The Morgan fingerprint density at radius 2 is 1.76 bits per heavy atom. The monoisotopic (exact) mass is 479 g/mol. The van der Waals surface area contributed by atoms with Crippen molar-refractivity contribution in [3.8, 4) is 11.5 Å². The predicted molar refractivity (Wildman–Crippen MR) is 133 cm³/mol. The molecule has 0 radical (unpaired) electrons. The lowest BCUT2D eigenvalue weighted by molar-refractivity contribution is -0.127. The number of likely N-dealkylation sites (tertiary alicyclic amines) is 1. The molecule has 1 aliphatic rings. The van der Waals surface area contributed by atoms with Crippen LogP contribution < -0.4 is 14.8 Å². The Hall–Kier alpha value is -3.09. The molecule has 6 nitrogen and oxygen atoms in total. The van der Waals surface area contributed by atoms with Gasteiger partial charge in [0.05, 0.1) is 18.8 Å². The summed E-state index contributed by atoms with van der Waals surface area (Å²) in [6, 6.07) is 20.6. The molecule has 34 heavy (non-hydrogen) atoms. The van der Waals surface area contributed by atoms with Gasteiger partial charge in [-0.3, -0.25) is 14.7 Å². The standard InChI is InChI=1S/C27H30ClN3O3/c1-33-24-7-2-3-8-25(24)34-19-18-31-16-13-21(14-17-31)27(32)30-26(23-6-4-5-15-29-23)20-9-11-22(28)12-10-20/h2-12,15,21,26H,13-14,16-19H2,1H3,(H,30,32)/t26-/m0/s1. The van der Waals surface area contributed by atoms with Crippen LogP contribution in [0.3, 0.4) is 0 Å². The SMILES string of the molecule is COc1ccccc1OCCN1CCC(C(=O)N[C@@H](c2ccc(Cl)cc2)c2ccccn2)CC1. The second kappa shape index (κ2) is 11.9. The molecule has 0 unspecified atom stereocenters. The molecule has 1 aromatic heterocycles. The summed E-state index contributed by atoms with van der Waals surface area (Å²) < 4.78 is 11.2. The van der Waals surface area contributed by atoms with E-state index in [9.17, 15) is 4.79 Å². The maximum Gasteiger partial charge on any atom is 0.224 e. The van der Waals surface area contributed by atoms with Gasteiger partial charge in [-0.1, -0.05) is 41.9 Å². The number of benzene rings is 2. The number of methoxy groups -OCH3 is 1. The summed E-state index contributed by atoms with van der Waals surface area (Å²) in [6.45, 7) is 3.12. The van der Waals surface area contributed by atoms with Crippen molar-refractivity contribution in [2.24, 2.45) is 5.92 Å². The summed E-state index contributed by atoms with van der Waals surface area (Å²) in [6.07, 6.45) is 3.38. The number of nitrogens with zero attached hydrogens (tertiary/aromatic N) is 2. The van der Waals surface area contributed by atoms with E-state index in [1.807, 2.05) is 66.7 Å². The fraction of sp³-hybridized carbons (Fsp3) is 0.333. The van der Waals surface area contributed by atoms with E-state index < -0.39 is 0 Å². The average molecular weight is 480 g/mol. The van der Waals surface area contributed by atoms with Gasteiger partial charge in [0.2, 0.25) is 5.91 Å². The van der Waals surface area contributed by atoms with Gasteiger partial charge in [0.25, 0.3) is 0 Å². The van der Waals surface area contributed by atoms with Gasteiger partial charge in [-0.2, -0.15) is 0 Å². The van der Waals surface area contributed by atoms with E-state index in [0.29, 0.717) is 11.6 Å². The fourth-order valence-corrected chi connectivity index (χ4v) is 4.36. The molecule has 0 spiro atoms. The van der Waals surface area contributed by atoms with Crippen molar-refractivity contribution in [3.63, 3.8) is 0 Å². The average Bonchev–Trinajstić information content (AvgIpc) is 2.89. The highest BCUT2D eigenvalue weighted by Gasteiger charge is 2.28. The molecule has 4 rings (SSSR count). The third-order valence-electron chi connectivity index (χ3n) is 6.17. The van der Waals surface area contributed by atoms with Crippen LogP contribution >= 0.6 is 11.6 Å². The highest BCUT2D eigenvalue weighted by molar-refractivity contribution is 6.30. The summed E-state index contributed by atoms with van der Waals surface area (Å²) in [5, 5.41) is 3.89. The third kappa shape index (κ3) is 6.27. The first-order chi connectivity index (χ1) is 16.6. The maximum absolute atomic E-state index is 13.2. The Labute approximate surface area is 205 Å². The molecule has 1 N–H and O–H groups in total. The van der Waals surface area contributed by atoms with E-state index in [0.717, 1.165) is 55.2 Å². The number of para-hydroxylation sites is 2. The Morgan fingerprint density at radius 1 is 1.06 bits per heavy atom. The summed E-state index contributed by atoms with van der Waals surface area (Å²) in [4.78, 5) is 20.0. The number of amides is 1. The Kier molecular flexibility index (Phi) is 8.39. The number of rotatable bonds is 9. The molecule has 1 aliphatic heterocycles. The van der Waals surface area contributed by atoms with E-state index >= 15 is 0 Å². The molecule has 7 heteroatoms. The minimum atomic E-state index is -0.307. The number of ether oxygens (including phenoxy) is 2. The molecule has 0 saturated carbocycles. The van der Waals surface area contributed by atoms with Crippen molar-refractivity contribution >= 4 is 17.5 Å². The van der Waals surface area contributed by atoms with Crippen molar-refractivity contribution < 1.29 is 14.3 Å². The molecule has 0 aliphatic carbocycles. The summed E-state index contributed by atoms with van der Waals surface area (Å²) >= 11 is 6.07. The van der Waals surface area contributed by atoms with Crippen LogP contribution in [0.2, 0.25) is 5.02 Å². The number of carbonyl (C=O) groups is 1. The van der Waals surface area contributed by atoms with Gasteiger partial charge in [-0.25, -0.2) is 0 Å². The van der Waals surface area contributed by atoms with E-state index in [4.69, 9.17) is 21.1 Å². The largest absolute Gasteiger partial charge is 0.493 e. The van der Waals surface area contributed by atoms with Gasteiger partial charge in [0.1, 0.15) is 6.61 Å². The number of aromatic nitrogens is 1. The van der Waals surface area contributed by atoms with E-state index in [1.165, 1.54) is 0 Å². The third-order valence-corrected chi connectivity index (χ3v) is 6.42. The molecule has 3 aromatic rings. The summed E-state index contributed by atoms with van der Waals surface area (Å²) in [5.74, 6) is 1.53. The zero-order valence-corrected chi connectivity index (χ0v) is 20.1. The zero-order chi connectivity index (χ0) is 23.8. The number of hydrogen-bond donors (Lipinski definition) is 1. The van der Waals surface area contributed by atoms with Crippen molar-refractivity contribution in [1.29, 1.82) is 0 Å². The van der Waals surface area contributed by atoms with Crippen LogP contribution in [0.1, 0.15) is 30.1 Å². The minimum absolute atomic E-state index is 0.0232. The Balaban J connectivity index is 1.30. The van der Waals surface area contributed by atoms with Gasteiger partial charge < -0.3 is 14.8 Å². The van der Waals surface area contributed by atoms with Crippen LogP contribution in [0, 0.1) is 5.92 Å². The topological polar surface area (TPSA) is 63.7 Å². The van der Waals surface area contributed by atoms with Crippen LogP contribution in [-0.4, -0.2) is 49.1 Å². The quantitative estimate of drug-likeness (QED) is 0.480. The molecule has 2 aromatic carbocycles. The molecule has 1 amide bonds. The first-order valence-electron chi connectivity index (χ1n) is 11.6. The van der Waals surface area contributed by atoms with Gasteiger partial charge in [-0.15, -0.1) is 0 Å². The number of nitrogens with one attached hydrogen (secondary N) is 1. The summed E-state index contributed by atoms with van der Waals surface area (Å²) in [7, 11) is 1.64. The summed E-state index contributed by atoms with van der Waals surface area (Å²) in [5.41, 5.74) is 1.77. The van der Waals surface area contributed by atoms with E-state index in [-0.39, 0.29) is 17.9 Å². The van der Waals surface area contributed by atoms with Crippen LogP contribution in [0.25, 0.3) is 0 Å². The van der Waals surface area contributed by atoms with Gasteiger partial charge >= 0.3 is 0 Å². The van der Waals surface area contributed by atoms with Gasteiger partial charge in [0, 0.05) is 23.7 Å². The molecule has 1 atom stereocenters. The lowest BCUT2D eigenvalue weighted by atomic mass is 9.94. The molecule has 1 fully saturated rings. The molecular formula is C27H30ClN3O3. The second-order valence-corrected chi connectivity index (χ2v) is 8.80. The first kappa shape index (κ1) is 24.0. The lowest BCUT2D eigenvalue weighted by Crippen LogP contribution is -2.42. The Bertz CT molecular complexity index is 1050. The molecule has 0 bridgehead atoms. The number of hydrogen-bond acceptors (Lipinski definition) is 5. The van der Waals surface area contributed by atoms with Crippen LogP contribution in [0.4, 0.5) is 0 Å². The highest BCUT2D eigenvalue weighted by Crippen LogP contribution is 2.27. The number of pyridine rings is 1. The van der Waals surface area contributed by atoms with Gasteiger partial charge in [0.15, 0.2) is 11.5 Å². The Morgan fingerprint density at radius 3 is 2.44 bits per heavy atom. The van der Waals surface area contributed by atoms with E-state index in [2.05, 4.69) is 15.2 Å². The predicted octanol–water partition coefficient (Wildman–Crippen LogP) is 4.74.